The minimum atomic E-state index is 0.950. The van der Waals surface area contributed by atoms with Gasteiger partial charge in [-0.15, -0.1) is 0 Å². The fourth-order valence-corrected chi connectivity index (χ4v) is 0.400. The van der Waals surface area contributed by atoms with Crippen LogP contribution >= 0.6 is 0 Å². The zero-order valence-corrected chi connectivity index (χ0v) is 10.2. The van der Waals surface area contributed by atoms with Crippen LogP contribution in [-0.4, -0.2) is 51.1 Å². The second-order valence-corrected chi connectivity index (χ2v) is 4.48. The molecule has 2 nitrogen and oxygen atoms in total. The Morgan fingerprint density at radius 2 is 1.00 bits per heavy atom. The summed E-state index contributed by atoms with van der Waals surface area (Å²) in [6.45, 7) is 2.29. The number of hydrogen-bond donors (Lipinski definition) is 0. The second kappa shape index (κ2) is 10.6. The van der Waals surface area contributed by atoms with Gasteiger partial charge in [-0.1, -0.05) is 0 Å². The summed E-state index contributed by atoms with van der Waals surface area (Å²) in [7, 11) is 8.35. The van der Waals surface area contributed by atoms with E-state index < -0.39 is 0 Å². The quantitative estimate of drug-likeness (QED) is 0.698. The van der Waals surface area contributed by atoms with Crippen LogP contribution in [0.5, 0.6) is 0 Å². The van der Waals surface area contributed by atoms with Gasteiger partial charge in [-0.3, -0.25) is 0 Å². The average molecular weight is 253 g/mol. The molecule has 0 aromatic heterocycles. The van der Waals surface area contributed by atoms with Crippen LogP contribution in [0.15, 0.2) is 0 Å². The molecule has 0 rings (SSSR count). The Kier molecular flexibility index (Phi) is 13.6. The molecule has 0 heterocycles. The fraction of sp³-hybridized carbons (Fsp3) is 1.00. The molecule has 0 aliphatic rings. The van der Waals surface area contributed by atoms with Gasteiger partial charge in [0.2, 0.25) is 0 Å². The van der Waals surface area contributed by atoms with E-state index in [2.05, 4.69) is 48.8 Å². The van der Waals surface area contributed by atoms with Crippen LogP contribution in [0.3, 0.4) is 0 Å². The molecule has 0 fully saturated rings. The van der Waals surface area contributed by atoms with Gasteiger partial charge in [-0.25, -0.2) is 0 Å². The molecule has 0 N–H and O–H groups in total. The Morgan fingerprint density at radius 1 is 0.818 bits per heavy atom. The molecule has 3 heteroatoms. The van der Waals surface area contributed by atoms with Crippen LogP contribution < -0.4 is 0 Å². The first kappa shape index (κ1) is 14.1. The van der Waals surface area contributed by atoms with Crippen molar-refractivity contribution in [2.75, 3.05) is 41.3 Å². The van der Waals surface area contributed by atoms with Gasteiger partial charge in [-0.05, 0) is 28.2 Å². The number of rotatable bonds is 3. The van der Waals surface area contributed by atoms with Crippen molar-refractivity contribution in [2.45, 2.75) is 10.8 Å². The number of nitrogens with zero attached hydrogens (tertiary/aromatic N) is 2. The molecule has 0 unspecified atom stereocenters. The predicted octanol–water partition coefficient (Wildman–Crippen LogP) is 1.27. The van der Waals surface area contributed by atoms with Crippen molar-refractivity contribution in [3.63, 3.8) is 0 Å². The molecule has 0 aliphatic heterocycles. The van der Waals surface area contributed by atoms with E-state index in [1.54, 1.807) is 0 Å². The molecule has 0 spiro atoms. The molecule has 0 saturated heterocycles. The molecular weight excluding hydrogens is 231 g/mol. The second-order valence-electron chi connectivity index (χ2n) is 2.92. The van der Waals surface area contributed by atoms with E-state index >= 15 is 0 Å². The van der Waals surface area contributed by atoms with E-state index in [-0.39, 0.29) is 0 Å². The van der Waals surface area contributed by atoms with Crippen molar-refractivity contribution in [1.29, 1.82) is 0 Å². The van der Waals surface area contributed by atoms with Crippen molar-refractivity contribution >= 4 is 0 Å². The molecule has 0 aromatic rings. The Morgan fingerprint density at radius 3 is 1.09 bits per heavy atom. The van der Waals surface area contributed by atoms with Crippen LogP contribution in [0.4, 0.5) is 0 Å². The van der Waals surface area contributed by atoms with Crippen molar-refractivity contribution in [1.82, 2.24) is 9.80 Å². The van der Waals surface area contributed by atoms with Crippen LogP contribution in [0.2, 0.25) is 10.8 Å². The summed E-state index contributed by atoms with van der Waals surface area (Å²) in [4.78, 5) is 4.36. The Labute approximate surface area is 80.1 Å². The molecule has 0 atom stereocenters. The SMILES string of the molecule is CN(C)CCN(C)C.[CH3][Pd][CH3]. The van der Waals surface area contributed by atoms with Gasteiger partial charge in [0, 0.05) is 13.1 Å². The first-order chi connectivity index (χ1) is 5.04. The standard InChI is InChI=1S/C6H16N2.2CH3.Pd/c1-7(2)5-6-8(3)4;;;/h5-6H2,1-4H3;2*1H3;. The first-order valence-electron chi connectivity index (χ1n) is 3.55. The average Bonchev–Trinajstić information content (AvgIpc) is 1.85. The van der Waals surface area contributed by atoms with Gasteiger partial charge in [0.05, 0.1) is 0 Å². The third kappa shape index (κ3) is 25.0. The van der Waals surface area contributed by atoms with Crippen LogP contribution in [0.25, 0.3) is 0 Å². The fourth-order valence-electron chi connectivity index (χ4n) is 0.400. The molecule has 0 aliphatic carbocycles. The summed E-state index contributed by atoms with van der Waals surface area (Å²) in [5.41, 5.74) is 0. The minimum absolute atomic E-state index is 0.950. The summed E-state index contributed by atoms with van der Waals surface area (Å²) < 4.78 is 0. The number of hydrogen-bond acceptors (Lipinski definition) is 2. The van der Waals surface area contributed by atoms with Crippen molar-refractivity contribution in [3.05, 3.63) is 0 Å². The topological polar surface area (TPSA) is 6.48 Å². The van der Waals surface area contributed by atoms with Crippen molar-refractivity contribution in [2.24, 2.45) is 0 Å². The summed E-state index contributed by atoms with van der Waals surface area (Å²) in [5.74, 6) is 0. The van der Waals surface area contributed by atoms with Crippen molar-refractivity contribution in [3.8, 4) is 0 Å². The van der Waals surface area contributed by atoms with Gasteiger partial charge in [0.15, 0.2) is 0 Å². The summed E-state index contributed by atoms with van der Waals surface area (Å²) in [6.07, 6.45) is 0. The molecule has 0 amide bonds. The summed E-state index contributed by atoms with van der Waals surface area (Å²) in [6, 6.07) is 0. The van der Waals surface area contributed by atoms with Gasteiger partial charge >= 0.3 is 28.8 Å². The molecule has 0 bridgehead atoms. The van der Waals surface area contributed by atoms with Crippen LogP contribution in [-0.2, 0) is 18.0 Å². The maximum atomic E-state index is 2.18. The molecule has 0 radical (unpaired) electrons. The third-order valence-corrected chi connectivity index (χ3v) is 0.994. The van der Waals surface area contributed by atoms with Crippen LogP contribution in [0, 0.1) is 0 Å². The third-order valence-electron chi connectivity index (χ3n) is 0.994. The summed E-state index contributed by atoms with van der Waals surface area (Å²) in [5, 5.41) is 4.35. The van der Waals surface area contributed by atoms with E-state index in [9.17, 15) is 0 Å². The Hall–Kier alpha value is 0.582. The summed E-state index contributed by atoms with van der Waals surface area (Å²) >= 11 is 0.950. The van der Waals surface area contributed by atoms with E-state index in [0.29, 0.717) is 0 Å². The Bertz CT molecular complexity index is 57.1. The van der Waals surface area contributed by atoms with E-state index in [0.717, 1.165) is 31.1 Å². The Balaban J connectivity index is 0. The van der Waals surface area contributed by atoms with Gasteiger partial charge in [-0.2, -0.15) is 0 Å². The predicted molar refractivity (Wildman–Crippen MR) is 48.8 cm³/mol. The number of likely N-dealkylation sites (N-methyl/N-ethyl adjacent to an activating group) is 2. The molecule has 74 valence electrons. The van der Waals surface area contributed by atoms with Gasteiger partial charge in [0.25, 0.3) is 0 Å². The van der Waals surface area contributed by atoms with Gasteiger partial charge in [0.1, 0.15) is 0 Å². The van der Waals surface area contributed by atoms with Gasteiger partial charge < -0.3 is 9.80 Å². The molecule has 0 saturated carbocycles. The van der Waals surface area contributed by atoms with Crippen molar-refractivity contribution < 1.29 is 18.0 Å². The first-order valence-corrected chi connectivity index (χ1v) is 6.66. The zero-order valence-electron chi connectivity index (χ0n) is 8.62. The monoisotopic (exact) mass is 252 g/mol. The molecule has 11 heavy (non-hydrogen) atoms. The van der Waals surface area contributed by atoms with Crippen LogP contribution in [0.1, 0.15) is 0 Å². The molecular formula is C8H22N2Pd. The maximum absolute atomic E-state index is 2.18. The normalized spacial score (nSPS) is 10.2. The molecule has 0 aromatic carbocycles. The zero-order chi connectivity index (χ0) is 9.28. The van der Waals surface area contributed by atoms with E-state index in [1.807, 2.05) is 0 Å². The van der Waals surface area contributed by atoms with E-state index in [4.69, 9.17) is 0 Å². The van der Waals surface area contributed by atoms with E-state index in [1.165, 1.54) is 0 Å².